The highest BCUT2D eigenvalue weighted by Crippen LogP contribution is 2.10. The average Bonchev–Trinajstić information content (AvgIpc) is 2.03. The quantitative estimate of drug-likeness (QED) is 0.710. The highest BCUT2D eigenvalue weighted by Gasteiger charge is 1.99. The Balaban J connectivity index is 2.39. The molecule has 11 heavy (non-hydrogen) atoms. The lowest BCUT2D eigenvalue weighted by molar-refractivity contribution is 0.257. The molecule has 60 valence electrons. The van der Waals surface area contributed by atoms with Crippen LogP contribution in [-0.4, -0.2) is 11.7 Å². The van der Waals surface area contributed by atoms with Crippen LogP contribution in [0, 0.1) is 0 Å². The summed E-state index contributed by atoms with van der Waals surface area (Å²) in [7, 11) is 0. The van der Waals surface area contributed by atoms with Crippen LogP contribution in [0.15, 0.2) is 30.3 Å². The zero-order valence-electron chi connectivity index (χ0n) is 5.84. The molecular weight excluding hydrogens is 211 g/mol. The molecule has 1 nitrogen and oxygen atoms in total. The van der Waals surface area contributed by atoms with Crippen molar-refractivity contribution >= 4 is 15.9 Å². The first-order chi connectivity index (χ1) is 5.29. The van der Waals surface area contributed by atoms with E-state index < -0.39 is 5.08 Å². The van der Waals surface area contributed by atoms with Crippen molar-refractivity contribution in [1.82, 2.24) is 0 Å². The van der Waals surface area contributed by atoms with Crippen LogP contribution in [0.4, 0.5) is 4.39 Å². The number of alkyl halides is 2. The first-order valence-corrected chi connectivity index (χ1v) is 4.16. The maximum Gasteiger partial charge on any atom is 0.188 e. The van der Waals surface area contributed by atoms with Crippen molar-refractivity contribution in [2.45, 2.75) is 5.08 Å². The molecule has 0 heterocycles. The van der Waals surface area contributed by atoms with Crippen molar-refractivity contribution in [3.63, 3.8) is 0 Å². The minimum atomic E-state index is -1.09. The Morgan fingerprint density at radius 1 is 1.36 bits per heavy atom. The van der Waals surface area contributed by atoms with Gasteiger partial charge in [0.05, 0.1) is 0 Å². The zero-order chi connectivity index (χ0) is 8.10. The lowest BCUT2D eigenvalue weighted by atomic mass is 10.3. The fourth-order valence-corrected chi connectivity index (χ4v) is 0.808. The van der Waals surface area contributed by atoms with E-state index in [1.165, 1.54) is 0 Å². The second-order valence-corrected chi connectivity index (χ2v) is 3.01. The van der Waals surface area contributed by atoms with E-state index in [4.69, 9.17) is 4.74 Å². The van der Waals surface area contributed by atoms with Gasteiger partial charge in [0.2, 0.25) is 0 Å². The van der Waals surface area contributed by atoms with E-state index >= 15 is 0 Å². The molecule has 0 aliphatic heterocycles. The molecule has 0 saturated carbocycles. The average molecular weight is 219 g/mol. The molecular formula is C8H8BrFO. The van der Waals surface area contributed by atoms with E-state index in [2.05, 4.69) is 15.9 Å². The second kappa shape index (κ2) is 4.34. The first kappa shape index (κ1) is 8.53. The van der Waals surface area contributed by atoms with Crippen LogP contribution in [0.2, 0.25) is 0 Å². The van der Waals surface area contributed by atoms with Gasteiger partial charge < -0.3 is 4.74 Å². The van der Waals surface area contributed by atoms with Crippen molar-refractivity contribution < 1.29 is 9.13 Å². The molecule has 0 aliphatic carbocycles. The number of ether oxygens (including phenoxy) is 1. The number of rotatable bonds is 3. The van der Waals surface area contributed by atoms with Gasteiger partial charge in [0, 0.05) is 0 Å². The van der Waals surface area contributed by atoms with E-state index in [0.29, 0.717) is 5.75 Å². The third-order valence-corrected chi connectivity index (χ3v) is 1.38. The monoisotopic (exact) mass is 218 g/mol. The summed E-state index contributed by atoms with van der Waals surface area (Å²) in [4.78, 5) is 0. The number of benzene rings is 1. The third-order valence-electron chi connectivity index (χ3n) is 1.12. The van der Waals surface area contributed by atoms with Crippen molar-refractivity contribution in [3.05, 3.63) is 30.3 Å². The Labute approximate surface area is 73.3 Å². The first-order valence-electron chi connectivity index (χ1n) is 3.25. The normalized spacial score (nSPS) is 12.5. The SMILES string of the molecule is FC(Br)COc1ccccc1. The third kappa shape index (κ3) is 3.37. The summed E-state index contributed by atoms with van der Waals surface area (Å²) in [6.07, 6.45) is 0. The van der Waals surface area contributed by atoms with Gasteiger partial charge in [-0.2, -0.15) is 0 Å². The zero-order valence-corrected chi connectivity index (χ0v) is 7.42. The molecule has 1 aromatic carbocycles. The maximum absolute atomic E-state index is 12.2. The summed E-state index contributed by atoms with van der Waals surface area (Å²) < 4.78 is 17.2. The summed E-state index contributed by atoms with van der Waals surface area (Å²) in [5, 5.41) is -1.09. The smallest absolute Gasteiger partial charge is 0.188 e. The summed E-state index contributed by atoms with van der Waals surface area (Å²) in [6, 6.07) is 9.15. The summed E-state index contributed by atoms with van der Waals surface area (Å²) in [6.45, 7) is 0.0456. The van der Waals surface area contributed by atoms with Crippen molar-refractivity contribution in [1.29, 1.82) is 0 Å². The Morgan fingerprint density at radius 3 is 2.55 bits per heavy atom. The van der Waals surface area contributed by atoms with E-state index in [1.54, 1.807) is 12.1 Å². The standard InChI is InChI=1S/C8H8BrFO/c9-8(10)6-11-7-4-2-1-3-5-7/h1-5,8H,6H2. The molecule has 1 rings (SSSR count). The Hall–Kier alpha value is -0.570. The maximum atomic E-state index is 12.2. The fraction of sp³-hybridized carbons (Fsp3) is 0.250. The molecule has 3 heteroatoms. The highest BCUT2D eigenvalue weighted by molar-refractivity contribution is 9.09. The number of halogens is 2. The Bertz CT molecular complexity index is 201. The van der Waals surface area contributed by atoms with Gasteiger partial charge in [0.1, 0.15) is 12.4 Å². The molecule has 1 unspecified atom stereocenters. The van der Waals surface area contributed by atoms with Gasteiger partial charge >= 0.3 is 0 Å². The Morgan fingerprint density at radius 2 is 2.00 bits per heavy atom. The predicted octanol–water partition coefficient (Wildman–Crippen LogP) is 2.76. The molecule has 0 aliphatic rings. The Kier molecular flexibility index (Phi) is 3.36. The minimum absolute atomic E-state index is 0.0456. The van der Waals surface area contributed by atoms with Crippen LogP contribution in [-0.2, 0) is 0 Å². The molecule has 0 aromatic heterocycles. The summed E-state index contributed by atoms with van der Waals surface area (Å²) >= 11 is 2.74. The number of hydrogen-bond acceptors (Lipinski definition) is 1. The van der Waals surface area contributed by atoms with E-state index in [1.807, 2.05) is 18.2 Å². The van der Waals surface area contributed by atoms with Crippen molar-refractivity contribution in [3.8, 4) is 5.75 Å². The van der Waals surface area contributed by atoms with E-state index in [-0.39, 0.29) is 6.61 Å². The van der Waals surface area contributed by atoms with Crippen LogP contribution >= 0.6 is 15.9 Å². The van der Waals surface area contributed by atoms with Crippen molar-refractivity contribution in [2.75, 3.05) is 6.61 Å². The van der Waals surface area contributed by atoms with Gasteiger partial charge in [-0.15, -0.1) is 0 Å². The van der Waals surface area contributed by atoms with Crippen LogP contribution in [0.1, 0.15) is 0 Å². The molecule has 0 radical (unpaired) electrons. The van der Waals surface area contributed by atoms with Gasteiger partial charge in [-0.25, -0.2) is 4.39 Å². The lowest BCUT2D eigenvalue weighted by Gasteiger charge is -2.04. The topological polar surface area (TPSA) is 9.23 Å². The highest BCUT2D eigenvalue weighted by atomic mass is 79.9. The molecule has 0 saturated heterocycles. The van der Waals surface area contributed by atoms with Gasteiger partial charge in [-0.05, 0) is 28.1 Å². The summed E-state index contributed by atoms with van der Waals surface area (Å²) in [5.41, 5.74) is 0. The van der Waals surface area contributed by atoms with E-state index in [0.717, 1.165) is 0 Å². The van der Waals surface area contributed by atoms with Crippen molar-refractivity contribution in [2.24, 2.45) is 0 Å². The van der Waals surface area contributed by atoms with Gasteiger partial charge in [0.15, 0.2) is 5.08 Å². The molecule has 0 bridgehead atoms. The van der Waals surface area contributed by atoms with Crippen LogP contribution in [0.25, 0.3) is 0 Å². The largest absolute Gasteiger partial charge is 0.490 e. The van der Waals surface area contributed by atoms with Crippen LogP contribution in [0.3, 0.4) is 0 Å². The summed E-state index contributed by atoms with van der Waals surface area (Å²) in [5.74, 6) is 0.689. The fourth-order valence-electron chi connectivity index (χ4n) is 0.676. The molecule has 0 fully saturated rings. The molecule has 1 aromatic rings. The number of para-hydroxylation sites is 1. The lowest BCUT2D eigenvalue weighted by Crippen LogP contribution is -2.04. The van der Waals surface area contributed by atoms with Gasteiger partial charge in [0.25, 0.3) is 0 Å². The minimum Gasteiger partial charge on any atom is -0.490 e. The predicted molar refractivity (Wildman–Crippen MR) is 45.8 cm³/mol. The molecule has 1 atom stereocenters. The molecule has 0 amide bonds. The van der Waals surface area contributed by atoms with E-state index in [9.17, 15) is 4.39 Å². The van der Waals surface area contributed by atoms with Gasteiger partial charge in [-0.1, -0.05) is 18.2 Å². The number of hydrogen-bond donors (Lipinski definition) is 0. The molecule has 0 N–H and O–H groups in total. The van der Waals surface area contributed by atoms with Crippen LogP contribution in [0.5, 0.6) is 5.75 Å². The van der Waals surface area contributed by atoms with Crippen LogP contribution < -0.4 is 4.74 Å². The second-order valence-electron chi connectivity index (χ2n) is 2.02. The van der Waals surface area contributed by atoms with Gasteiger partial charge in [-0.3, -0.25) is 0 Å². The molecule has 0 spiro atoms.